The van der Waals surface area contributed by atoms with Gasteiger partial charge in [0.1, 0.15) is 10.1 Å². The number of thioether (sulfide) groups is 1. The van der Waals surface area contributed by atoms with E-state index < -0.39 is 12.6 Å². The summed E-state index contributed by atoms with van der Waals surface area (Å²) in [6.07, 6.45) is 2.62. The maximum absolute atomic E-state index is 12.7. The SMILES string of the molecule is O=C(O)COc1cccc(/C=C2/SC(=S)N(CCCN3CCOCC3)C2=O)c1. The first-order chi connectivity index (χ1) is 13.5. The van der Waals surface area contributed by atoms with Gasteiger partial charge in [0.15, 0.2) is 6.61 Å². The minimum Gasteiger partial charge on any atom is -0.482 e. The molecule has 1 aromatic rings. The van der Waals surface area contributed by atoms with Crippen LogP contribution in [-0.4, -0.2) is 77.1 Å². The van der Waals surface area contributed by atoms with Crippen molar-refractivity contribution in [1.82, 2.24) is 9.80 Å². The monoisotopic (exact) mass is 422 g/mol. The molecule has 0 saturated carbocycles. The molecule has 0 unspecified atom stereocenters. The fourth-order valence-corrected chi connectivity index (χ4v) is 4.27. The molecule has 1 amide bonds. The molecule has 7 nitrogen and oxygen atoms in total. The van der Waals surface area contributed by atoms with Crippen molar-refractivity contribution in [3.8, 4) is 5.75 Å². The molecule has 1 N–H and O–H groups in total. The molecule has 3 rings (SSSR count). The number of carboxylic acid groups (broad SMARTS) is 1. The van der Waals surface area contributed by atoms with Crippen LogP contribution in [0.5, 0.6) is 5.75 Å². The van der Waals surface area contributed by atoms with Crippen LogP contribution >= 0.6 is 24.0 Å². The Balaban J connectivity index is 1.57. The lowest BCUT2D eigenvalue weighted by atomic mass is 10.2. The second-order valence-electron chi connectivity index (χ2n) is 6.40. The van der Waals surface area contributed by atoms with Crippen LogP contribution in [0.2, 0.25) is 0 Å². The Morgan fingerprint density at radius 1 is 1.32 bits per heavy atom. The molecule has 1 aromatic carbocycles. The third-order valence-corrected chi connectivity index (χ3v) is 5.73. The minimum absolute atomic E-state index is 0.0890. The Labute approximate surface area is 173 Å². The van der Waals surface area contributed by atoms with Crippen molar-refractivity contribution in [3.05, 3.63) is 34.7 Å². The van der Waals surface area contributed by atoms with Gasteiger partial charge < -0.3 is 14.6 Å². The van der Waals surface area contributed by atoms with Crippen LogP contribution in [0.1, 0.15) is 12.0 Å². The number of ether oxygens (including phenoxy) is 2. The van der Waals surface area contributed by atoms with Crippen LogP contribution in [0.25, 0.3) is 6.08 Å². The maximum atomic E-state index is 12.7. The maximum Gasteiger partial charge on any atom is 0.341 e. The highest BCUT2D eigenvalue weighted by molar-refractivity contribution is 8.26. The van der Waals surface area contributed by atoms with Gasteiger partial charge in [0.2, 0.25) is 0 Å². The average Bonchev–Trinajstić information content (AvgIpc) is 2.95. The van der Waals surface area contributed by atoms with E-state index in [1.165, 1.54) is 11.8 Å². The summed E-state index contributed by atoms with van der Waals surface area (Å²) in [5.74, 6) is -0.686. The standard InChI is InChI=1S/C19H22N2O5S2/c22-17(23)13-26-15-4-1-3-14(11-15)12-16-18(24)21(19(27)28-16)6-2-5-20-7-9-25-10-8-20/h1,3-4,11-12H,2,5-10,13H2,(H,22,23)/b16-12+. The highest BCUT2D eigenvalue weighted by Crippen LogP contribution is 2.33. The summed E-state index contributed by atoms with van der Waals surface area (Å²) >= 11 is 6.67. The van der Waals surface area contributed by atoms with Crippen molar-refractivity contribution in [2.45, 2.75) is 6.42 Å². The second kappa shape index (κ2) is 10.0. The van der Waals surface area contributed by atoms with E-state index in [2.05, 4.69) is 4.90 Å². The van der Waals surface area contributed by atoms with Gasteiger partial charge in [-0.05, 0) is 30.2 Å². The predicted octanol–water partition coefficient (Wildman–Crippen LogP) is 2.07. The van der Waals surface area contributed by atoms with Crippen molar-refractivity contribution < 1.29 is 24.2 Å². The average molecular weight is 423 g/mol. The highest BCUT2D eigenvalue weighted by atomic mass is 32.2. The fourth-order valence-electron chi connectivity index (χ4n) is 2.96. The molecule has 28 heavy (non-hydrogen) atoms. The summed E-state index contributed by atoms with van der Waals surface area (Å²) in [6, 6.07) is 6.97. The van der Waals surface area contributed by atoms with Gasteiger partial charge in [-0.2, -0.15) is 0 Å². The zero-order valence-electron chi connectivity index (χ0n) is 15.3. The van der Waals surface area contributed by atoms with E-state index in [1.54, 1.807) is 29.2 Å². The number of thiocarbonyl (C=S) groups is 1. The fraction of sp³-hybridized carbons (Fsp3) is 0.421. The third kappa shape index (κ3) is 5.78. The van der Waals surface area contributed by atoms with Crippen LogP contribution in [0.3, 0.4) is 0 Å². The number of hydrogen-bond acceptors (Lipinski definition) is 7. The Morgan fingerprint density at radius 3 is 2.86 bits per heavy atom. The molecule has 0 spiro atoms. The van der Waals surface area contributed by atoms with Gasteiger partial charge in [-0.25, -0.2) is 4.79 Å². The Hall–Kier alpha value is -1.94. The number of amides is 1. The third-order valence-electron chi connectivity index (χ3n) is 4.35. The summed E-state index contributed by atoms with van der Waals surface area (Å²) < 4.78 is 11.1. The number of carbonyl (C=O) groups excluding carboxylic acids is 1. The zero-order chi connectivity index (χ0) is 19.9. The number of hydrogen-bond donors (Lipinski definition) is 1. The molecule has 9 heteroatoms. The lowest BCUT2D eigenvalue weighted by molar-refractivity contribution is -0.139. The lowest BCUT2D eigenvalue weighted by Gasteiger charge is -2.27. The molecule has 0 atom stereocenters. The normalized spacial score (nSPS) is 19.4. The first-order valence-corrected chi connectivity index (χ1v) is 10.3. The first kappa shape index (κ1) is 20.8. The Bertz CT molecular complexity index is 777. The molecule has 2 saturated heterocycles. The van der Waals surface area contributed by atoms with Crippen molar-refractivity contribution >= 4 is 46.3 Å². The molecule has 2 heterocycles. The van der Waals surface area contributed by atoms with E-state index in [0.29, 0.717) is 21.5 Å². The molecule has 2 fully saturated rings. The molecule has 2 aliphatic heterocycles. The quantitative estimate of drug-likeness (QED) is 0.504. The van der Waals surface area contributed by atoms with E-state index in [4.69, 9.17) is 26.8 Å². The summed E-state index contributed by atoms with van der Waals surface area (Å²) in [5.41, 5.74) is 0.761. The van der Waals surface area contributed by atoms with Gasteiger partial charge in [0, 0.05) is 26.2 Å². The number of carbonyl (C=O) groups is 2. The number of morpholine rings is 1. The summed E-state index contributed by atoms with van der Waals surface area (Å²) in [4.78, 5) is 27.9. The molecular formula is C19H22N2O5S2. The number of benzene rings is 1. The molecule has 0 aliphatic carbocycles. The van der Waals surface area contributed by atoms with Crippen molar-refractivity contribution in [2.75, 3.05) is 46.0 Å². The predicted molar refractivity (Wildman–Crippen MR) is 111 cm³/mol. The smallest absolute Gasteiger partial charge is 0.341 e. The highest BCUT2D eigenvalue weighted by Gasteiger charge is 2.31. The van der Waals surface area contributed by atoms with Crippen LogP contribution < -0.4 is 4.74 Å². The van der Waals surface area contributed by atoms with Gasteiger partial charge in [0.05, 0.1) is 18.1 Å². The molecule has 0 radical (unpaired) electrons. The lowest BCUT2D eigenvalue weighted by Crippen LogP contribution is -2.38. The van der Waals surface area contributed by atoms with Crippen molar-refractivity contribution in [2.24, 2.45) is 0 Å². The second-order valence-corrected chi connectivity index (χ2v) is 8.07. The van der Waals surface area contributed by atoms with E-state index in [0.717, 1.165) is 44.8 Å². The van der Waals surface area contributed by atoms with Crippen LogP contribution in [-0.2, 0) is 14.3 Å². The van der Waals surface area contributed by atoms with Crippen molar-refractivity contribution in [1.29, 1.82) is 0 Å². The Morgan fingerprint density at radius 2 is 2.11 bits per heavy atom. The van der Waals surface area contributed by atoms with Crippen LogP contribution in [0.4, 0.5) is 0 Å². The van der Waals surface area contributed by atoms with Crippen molar-refractivity contribution in [3.63, 3.8) is 0 Å². The summed E-state index contributed by atoms with van der Waals surface area (Å²) in [6.45, 7) is 4.49. The number of carboxylic acids is 1. The molecular weight excluding hydrogens is 400 g/mol. The number of nitrogens with zero attached hydrogens (tertiary/aromatic N) is 2. The van der Waals surface area contributed by atoms with E-state index in [9.17, 15) is 9.59 Å². The van der Waals surface area contributed by atoms with Gasteiger partial charge in [-0.3, -0.25) is 14.6 Å². The van der Waals surface area contributed by atoms with Gasteiger partial charge in [-0.1, -0.05) is 36.1 Å². The number of rotatable bonds is 8. The first-order valence-electron chi connectivity index (χ1n) is 9.03. The van der Waals surface area contributed by atoms with Crippen LogP contribution in [0, 0.1) is 0 Å². The van der Waals surface area contributed by atoms with E-state index in [1.807, 2.05) is 6.07 Å². The molecule has 0 bridgehead atoms. The van der Waals surface area contributed by atoms with Gasteiger partial charge >= 0.3 is 5.97 Å². The topological polar surface area (TPSA) is 79.3 Å². The summed E-state index contributed by atoms with van der Waals surface area (Å²) in [5, 5.41) is 8.71. The van der Waals surface area contributed by atoms with Crippen LogP contribution in [0.15, 0.2) is 29.2 Å². The van der Waals surface area contributed by atoms with Gasteiger partial charge in [-0.15, -0.1) is 0 Å². The Kier molecular flexibility index (Phi) is 7.43. The molecule has 0 aromatic heterocycles. The van der Waals surface area contributed by atoms with Gasteiger partial charge in [0.25, 0.3) is 5.91 Å². The molecule has 2 aliphatic rings. The largest absolute Gasteiger partial charge is 0.482 e. The number of aliphatic carboxylic acids is 1. The molecule has 150 valence electrons. The summed E-state index contributed by atoms with van der Waals surface area (Å²) in [7, 11) is 0. The van der Waals surface area contributed by atoms with E-state index >= 15 is 0 Å². The van der Waals surface area contributed by atoms with E-state index in [-0.39, 0.29) is 5.91 Å². The zero-order valence-corrected chi connectivity index (χ0v) is 17.0. The minimum atomic E-state index is -1.04.